The van der Waals surface area contributed by atoms with Crippen LogP contribution in [0.2, 0.25) is 10.0 Å². The molecule has 3 aromatic rings. The number of carbonyl (C=O) groups is 1. The SMILES string of the molecule is CCOC(=O)Nc1cc(Cl)c(Nc2ncnc3cc(OC)c(OC)cc23)cc1Cl.Cl. The van der Waals surface area contributed by atoms with Crippen molar-refractivity contribution in [3.8, 4) is 11.5 Å². The van der Waals surface area contributed by atoms with Crippen LogP contribution in [-0.4, -0.2) is 36.9 Å². The molecule has 11 heteroatoms. The summed E-state index contributed by atoms with van der Waals surface area (Å²) in [4.78, 5) is 20.2. The number of benzene rings is 2. The van der Waals surface area contributed by atoms with Gasteiger partial charge in [0.2, 0.25) is 0 Å². The number of aromatic nitrogens is 2. The van der Waals surface area contributed by atoms with Crippen LogP contribution in [0.15, 0.2) is 30.6 Å². The molecule has 0 aliphatic carbocycles. The molecule has 1 heterocycles. The quantitative estimate of drug-likeness (QED) is 0.475. The lowest BCUT2D eigenvalue weighted by Crippen LogP contribution is -2.13. The average Bonchev–Trinajstić information content (AvgIpc) is 2.71. The molecule has 0 aliphatic rings. The third-order valence-electron chi connectivity index (χ3n) is 3.96. The van der Waals surface area contributed by atoms with E-state index in [0.29, 0.717) is 44.6 Å². The Morgan fingerprint density at radius 2 is 1.63 bits per heavy atom. The Morgan fingerprint density at radius 3 is 2.30 bits per heavy atom. The molecular formula is C19H19Cl3N4O4. The third-order valence-corrected chi connectivity index (χ3v) is 4.59. The lowest BCUT2D eigenvalue weighted by atomic mass is 10.2. The minimum atomic E-state index is -0.617. The van der Waals surface area contributed by atoms with Crippen LogP contribution in [0.4, 0.5) is 22.0 Å². The molecule has 0 spiro atoms. The van der Waals surface area contributed by atoms with Gasteiger partial charge in [-0.2, -0.15) is 0 Å². The number of nitrogens with zero attached hydrogens (tertiary/aromatic N) is 2. The molecule has 0 fully saturated rings. The van der Waals surface area contributed by atoms with Crippen LogP contribution in [0.1, 0.15) is 6.92 Å². The van der Waals surface area contributed by atoms with E-state index in [-0.39, 0.29) is 24.0 Å². The van der Waals surface area contributed by atoms with Crippen molar-refractivity contribution in [1.29, 1.82) is 0 Å². The van der Waals surface area contributed by atoms with Gasteiger partial charge in [-0.3, -0.25) is 5.32 Å². The highest BCUT2D eigenvalue weighted by atomic mass is 35.5. The Balaban J connectivity index is 0.00000320. The fourth-order valence-corrected chi connectivity index (χ4v) is 3.05. The van der Waals surface area contributed by atoms with E-state index < -0.39 is 6.09 Å². The van der Waals surface area contributed by atoms with Crippen LogP contribution in [0.3, 0.4) is 0 Å². The lowest BCUT2D eigenvalue weighted by molar-refractivity contribution is 0.168. The number of carbonyl (C=O) groups excluding carboxylic acids is 1. The van der Waals surface area contributed by atoms with Gasteiger partial charge in [-0.15, -0.1) is 12.4 Å². The van der Waals surface area contributed by atoms with E-state index in [1.807, 2.05) is 0 Å². The molecule has 1 amide bonds. The maximum Gasteiger partial charge on any atom is 0.411 e. The zero-order valence-electron chi connectivity index (χ0n) is 16.3. The van der Waals surface area contributed by atoms with Gasteiger partial charge in [-0.1, -0.05) is 23.2 Å². The summed E-state index contributed by atoms with van der Waals surface area (Å²) in [6.45, 7) is 1.95. The first-order valence-corrected chi connectivity index (χ1v) is 9.29. The smallest absolute Gasteiger partial charge is 0.411 e. The fraction of sp³-hybridized carbons (Fsp3) is 0.211. The molecule has 160 valence electrons. The Labute approximate surface area is 189 Å². The maximum absolute atomic E-state index is 11.6. The Kier molecular flexibility index (Phi) is 8.16. The summed E-state index contributed by atoms with van der Waals surface area (Å²) in [5.74, 6) is 1.59. The van der Waals surface area contributed by atoms with Gasteiger partial charge >= 0.3 is 6.09 Å². The van der Waals surface area contributed by atoms with Crippen molar-refractivity contribution < 1.29 is 19.0 Å². The molecule has 2 aromatic carbocycles. The highest BCUT2D eigenvalue weighted by molar-refractivity contribution is 6.37. The fourth-order valence-electron chi connectivity index (χ4n) is 2.63. The highest BCUT2D eigenvalue weighted by Gasteiger charge is 2.14. The topological polar surface area (TPSA) is 94.6 Å². The van der Waals surface area contributed by atoms with E-state index in [4.69, 9.17) is 37.4 Å². The van der Waals surface area contributed by atoms with Crippen molar-refractivity contribution in [2.24, 2.45) is 0 Å². The van der Waals surface area contributed by atoms with Gasteiger partial charge in [0.25, 0.3) is 0 Å². The molecule has 0 saturated carbocycles. The second kappa shape index (κ2) is 10.4. The summed E-state index contributed by atoms with van der Waals surface area (Å²) < 4.78 is 15.5. The zero-order valence-corrected chi connectivity index (χ0v) is 18.6. The predicted molar refractivity (Wildman–Crippen MR) is 120 cm³/mol. The standard InChI is InChI=1S/C19H18Cl2N4O4.ClH/c1-4-29-19(26)25-15-7-11(20)14(6-12(15)21)24-18-10-5-16(27-2)17(28-3)8-13(10)22-9-23-18;/h5-9H,4H2,1-3H3,(H,25,26)(H,22,23,24);1H. The monoisotopic (exact) mass is 472 g/mol. The molecule has 30 heavy (non-hydrogen) atoms. The number of ether oxygens (including phenoxy) is 3. The maximum atomic E-state index is 11.6. The van der Waals surface area contributed by atoms with E-state index in [9.17, 15) is 4.79 Å². The van der Waals surface area contributed by atoms with E-state index in [2.05, 4.69) is 20.6 Å². The molecule has 1 aromatic heterocycles. The molecule has 0 aliphatic heterocycles. The Morgan fingerprint density at radius 1 is 1.00 bits per heavy atom. The lowest BCUT2D eigenvalue weighted by Gasteiger charge is -2.14. The normalized spacial score (nSPS) is 10.2. The van der Waals surface area contributed by atoms with Gasteiger partial charge in [0, 0.05) is 11.5 Å². The van der Waals surface area contributed by atoms with Crippen molar-refractivity contribution in [3.05, 3.63) is 40.6 Å². The number of rotatable bonds is 6. The van der Waals surface area contributed by atoms with Crippen molar-refractivity contribution in [1.82, 2.24) is 9.97 Å². The second-order valence-electron chi connectivity index (χ2n) is 5.73. The first-order valence-electron chi connectivity index (χ1n) is 8.53. The van der Waals surface area contributed by atoms with E-state index in [1.165, 1.54) is 12.4 Å². The van der Waals surface area contributed by atoms with Crippen LogP contribution in [-0.2, 0) is 4.74 Å². The van der Waals surface area contributed by atoms with Crippen LogP contribution < -0.4 is 20.1 Å². The number of hydrogen-bond donors (Lipinski definition) is 2. The van der Waals surface area contributed by atoms with E-state index in [0.717, 1.165) is 0 Å². The zero-order chi connectivity index (χ0) is 21.0. The van der Waals surface area contributed by atoms with Gasteiger partial charge in [0.05, 0.1) is 47.8 Å². The summed E-state index contributed by atoms with van der Waals surface area (Å²) in [5, 5.41) is 6.99. The van der Waals surface area contributed by atoms with Crippen LogP contribution in [0.25, 0.3) is 10.9 Å². The number of hydrogen-bond acceptors (Lipinski definition) is 7. The van der Waals surface area contributed by atoms with Crippen LogP contribution in [0.5, 0.6) is 11.5 Å². The van der Waals surface area contributed by atoms with Crippen LogP contribution in [0, 0.1) is 0 Å². The number of halogens is 3. The Bertz CT molecular complexity index is 1070. The van der Waals surface area contributed by atoms with Crippen LogP contribution >= 0.6 is 35.6 Å². The van der Waals surface area contributed by atoms with E-state index in [1.54, 1.807) is 39.3 Å². The van der Waals surface area contributed by atoms with Crippen molar-refractivity contribution >= 4 is 69.8 Å². The number of methoxy groups -OCH3 is 2. The van der Waals surface area contributed by atoms with Crippen molar-refractivity contribution in [3.63, 3.8) is 0 Å². The summed E-state index contributed by atoms with van der Waals surface area (Å²) in [6.07, 6.45) is 0.803. The Hall–Kier alpha value is -2.68. The summed E-state index contributed by atoms with van der Waals surface area (Å²) in [6, 6.07) is 6.63. The molecule has 8 nitrogen and oxygen atoms in total. The average molecular weight is 474 g/mol. The molecular weight excluding hydrogens is 455 g/mol. The van der Waals surface area contributed by atoms with Gasteiger partial charge in [-0.25, -0.2) is 14.8 Å². The summed E-state index contributed by atoms with van der Waals surface area (Å²) in [5.41, 5.74) is 1.49. The van der Waals surface area contributed by atoms with E-state index >= 15 is 0 Å². The van der Waals surface area contributed by atoms with Crippen molar-refractivity contribution in [2.45, 2.75) is 6.92 Å². The minimum Gasteiger partial charge on any atom is -0.493 e. The number of anilines is 3. The number of nitrogens with one attached hydrogen (secondary N) is 2. The summed E-state index contributed by atoms with van der Waals surface area (Å²) >= 11 is 12.6. The minimum absolute atomic E-state index is 0. The molecule has 0 bridgehead atoms. The molecule has 0 unspecified atom stereocenters. The molecule has 3 rings (SSSR count). The van der Waals surface area contributed by atoms with Gasteiger partial charge in [0.1, 0.15) is 12.1 Å². The number of fused-ring (bicyclic) bond motifs is 1. The second-order valence-corrected chi connectivity index (χ2v) is 6.54. The third kappa shape index (κ3) is 5.08. The molecule has 0 radical (unpaired) electrons. The number of amides is 1. The first-order chi connectivity index (χ1) is 14.0. The predicted octanol–water partition coefficient (Wildman–Crippen LogP) is 5.69. The van der Waals surface area contributed by atoms with Gasteiger partial charge < -0.3 is 19.5 Å². The largest absolute Gasteiger partial charge is 0.493 e. The molecule has 2 N–H and O–H groups in total. The van der Waals surface area contributed by atoms with Crippen molar-refractivity contribution in [2.75, 3.05) is 31.5 Å². The summed E-state index contributed by atoms with van der Waals surface area (Å²) in [7, 11) is 3.10. The molecule has 0 saturated heterocycles. The van der Waals surface area contributed by atoms with Gasteiger partial charge in [-0.05, 0) is 25.1 Å². The highest BCUT2D eigenvalue weighted by Crippen LogP contribution is 2.37. The molecule has 0 atom stereocenters. The first kappa shape index (κ1) is 23.6. The van der Waals surface area contributed by atoms with Gasteiger partial charge in [0.15, 0.2) is 11.5 Å².